The number of halogens is 1. The summed E-state index contributed by atoms with van der Waals surface area (Å²) in [6.45, 7) is 0. The molecule has 7 nitrogen and oxygen atoms in total. The first-order valence-corrected chi connectivity index (χ1v) is 11.3. The number of nitrogens with zero attached hydrogens (tertiary/aromatic N) is 4. The van der Waals surface area contributed by atoms with Crippen molar-refractivity contribution in [1.82, 2.24) is 4.98 Å². The fourth-order valence-corrected chi connectivity index (χ4v) is 5.10. The summed E-state index contributed by atoms with van der Waals surface area (Å²) in [5, 5.41) is 17.5. The second-order valence-electron chi connectivity index (χ2n) is 6.97. The molecule has 0 bridgehead atoms. The number of nitro benzene ring substituents is 1. The summed E-state index contributed by atoms with van der Waals surface area (Å²) in [5.41, 5.74) is 1.29. The highest BCUT2D eigenvalue weighted by atomic mass is 32.1. The summed E-state index contributed by atoms with van der Waals surface area (Å²) in [7, 11) is 0. The lowest BCUT2D eigenvalue weighted by Gasteiger charge is -2.12. The molecule has 0 radical (unpaired) electrons. The quantitative estimate of drug-likeness (QED) is 0.171. The molecule has 5 aromatic rings. The van der Waals surface area contributed by atoms with Crippen LogP contribution in [0.3, 0.4) is 0 Å². The molecule has 3 aromatic carbocycles. The molecule has 33 heavy (non-hydrogen) atoms. The van der Waals surface area contributed by atoms with E-state index in [9.17, 15) is 19.3 Å². The minimum atomic E-state index is -0.477. The van der Waals surface area contributed by atoms with Crippen molar-refractivity contribution in [2.75, 3.05) is 5.01 Å². The number of non-ortho nitro benzene ring substituents is 1. The zero-order valence-corrected chi connectivity index (χ0v) is 18.3. The van der Waals surface area contributed by atoms with E-state index in [1.165, 1.54) is 40.6 Å². The summed E-state index contributed by atoms with van der Waals surface area (Å²) in [5.74, 6) is -0.833. The Balaban J connectivity index is 1.58. The monoisotopic (exact) mass is 476 g/mol. The van der Waals surface area contributed by atoms with Crippen LogP contribution in [0.2, 0.25) is 0 Å². The van der Waals surface area contributed by atoms with Crippen molar-refractivity contribution < 1.29 is 14.1 Å². The van der Waals surface area contributed by atoms with Gasteiger partial charge in [0.2, 0.25) is 5.13 Å². The molecule has 2 aromatic heterocycles. The van der Waals surface area contributed by atoms with E-state index in [2.05, 4.69) is 10.1 Å². The molecule has 0 saturated heterocycles. The third-order valence-corrected chi connectivity index (χ3v) is 6.85. The molecule has 162 valence electrons. The summed E-state index contributed by atoms with van der Waals surface area (Å²) < 4.78 is 15.0. The maximum absolute atomic E-state index is 13.7. The van der Waals surface area contributed by atoms with Gasteiger partial charge in [0.15, 0.2) is 0 Å². The number of thiophene rings is 1. The molecule has 0 aliphatic carbocycles. The molecule has 0 atom stereocenters. The van der Waals surface area contributed by atoms with E-state index in [0.29, 0.717) is 20.5 Å². The standard InChI is InChI=1S/C23H13FN4O3S2/c24-16-6-8-18-20(12-16)33-23(26-18)27(25-13-14-4-2-1-3-5-14)22(29)21-11-15-10-17(28(30)31)7-9-19(15)32-21/h1-13H/b25-13+. The van der Waals surface area contributed by atoms with Crippen LogP contribution in [0.1, 0.15) is 15.2 Å². The van der Waals surface area contributed by atoms with E-state index in [1.54, 1.807) is 24.4 Å². The molecule has 10 heteroatoms. The Kier molecular flexibility index (Phi) is 5.37. The number of carbonyl (C=O) groups is 1. The van der Waals surface area contributed by atoms with Crippen molar-refractivity contribution >= 4 is 65.9 Å². The number of nitro groups is 1. The van der Waals surface area contributed by atoms with Gasteiger partial charge in [0.05, 0.1) is 26.2 Å². The maximum Gasteiger partial charge on any atom is 0.290 e. The Bertz CT molecular complexity index is 1550. The summed E-state index contributed by atoms with van der Waals surface area (Å²) in [6, 6.07) is 19.5. The lowest BCUT2D eigenvalue weighted by Crippen LogP contribution is -2.24. The highest BCUT2D eigenvalue weighted by Crippen LogP contribution is 2.34. The predicted molar refractivity (Wildman–Crippen MR) is 129 cm³/mol. The SMILES string of the molecule is O=C(c1cc2cc([N+](=O)[O-])ccc2s1)N(/N=C/c1ccccc1)c1nc2ccc(F)cc2s1. The Labute approximate surface area is 194 Å². The molecule has 0 unspecified atom stereocenters. The summed E-state index contributed by atoms with van der Waals surface area (Å²) >= 11 is 2.36. The Morgan fingerprint density at radius 2 is 1.85 bits per heavy atom. The first kappa shape index (κ1) is 20.9. The van der Waals surface area contributed by atoms with Gasteiger partial charge in [0.25, 0.3) is 11.6 Å². The van der Waals surface area contributed by atoms with Gasteiger partial charge in [-0.25, -0.2) is 9.37 Å². The lowest BCUT2D eigenvalue weighted by atomic mass is 10.2. The minimum Gasteiger partial charge on any atom is -0.266 e. The highest BCUT2D eigenvalue weighted by molar-refractivity contribution is 7.23. The normalized spacial score (nSPS) is 11.4. The van der Waals surface area contributed by atoms with Crippen LogP contribution in [0, 0.1) is 15.9 Å². The highest BCUT2D eigenvalue weighted by Gasteiger charge is 2.23. The molecule has 1 amide bonds. The van der Waals surface area contributed by atoms with Gasteiger partial charge < -0.3 is 0 Å². The molecule has 0 saturated carbocycles. The molecule has 0 spiro atoms. The second kappa shape index (κ2) is 8.49. The Morgan fingerprint density at radius 1 is 1.03 bits per heavy atom. The molecule has 0 fully saturated rings. The molecular weight excluding hydrogens is 463 g/mol. The number of hydrogen-bond acceptors (Lipinski definition) is 7. The van der Waals surface area contributed by atoms with E-state index in [1.807, 2.05) is 30.3 Å². The fourth-order valence-electron chi connectivity index (χ4n) is 3.18. The number of hydrogen-bond donors (Lipinski definition) is 0. The number of benzene rings is 3. The first-order chi connectivity index (χ1) is 16.0. The van der Waals surface area contributed by atoms with E-state index in [4.69, 9.17) is 0 Å². The van der Waals surface area contributed by atoms with E-state index >= 15 is 0 Å². The molecule has 2 heterocycles. The smallest absolute Gasteiger partial charge is 0.266 e. The minimum absolute atomic E-state index is 0.0496. The van der Waals surface area contributed by atoms with Crippen LogP contribution in [0.15, 0.2) is 77.9 Å². The van der Waals surface area contributed by atoms with Crippen molar-refractivity contribution in [3.05, 3.63) is 99.2 Å². The average Bonchev–Trinajstić information content (AvgIpc) is 3.43. The Hall–Kier alpha value is -4.02. The van der Waals surface area contributed by atoms with Crippen LogP contribution in [-0.2, 0) is 0 Å². The number of carbonyl (C=O) groups excluding carboxylic acids is 1. The van der Waals surface area contributed by atoms with Gasteiger partial charge in [0, 0.05) is 22.2 Å². The van der Waals surface area contributed by atoms with Gasteiger partial charge in [0.1, 0.15) is 5.82 Å². The average molecular weight is 477 g/mol. The van der Waals surface area contributed by atoms with Gasteiger partial charge in [-0.05, 0) is 35.9 Å². The third-order valence-electron chi connectivity index (χ3n) is 4.76. The van der Waals surface area contributed by atoms with Gasteiger partial charge >= 0.3 is 0 Å². The number of aromatic nitrogens is 1. The van der Waals surface area contributed by atoms with Crippen molar-refractivity contribution in [2.24, 2.45) is 5.10 Å². The maximum atomic E-state index is 13.7. The van der Waals surface area contributed by atoms with Gasteiger partial charge in [-0.15, -0.1) is 11.3 Å². The van der Waals surface area contributed by atoms with Crippen molar-refractivity contribution in [3.63, 3.8) is 0 Å². The Morgan fingerprint density at radius 3 is 2.64 bits per heavy atom. The molecule has 0 aliphatic heterocycles. The summed E-state index contributed by atoms with van der Waals surface area (Å²) in [4.78, 5) is 28.9. The van der Waals surface area contributed by atoms with Crippen molar-refractivity contribution in [2.45, 2.75) is 0 Å². The largest absolute Gasteiger partial charge is 0.290 e. The fraction of sp³-hybridized carbons (Fsp3) is 0. The van der Waals surface area contributed by atoms with Crippen LogP contribution >= 0.6 is 22.7 Å². The molecular formula is C23H13FN4O3S2. The zero-order valence-electron chi connectivity index (χ0n) is 16.7. The molecule has 0 aliphatic rings. The summed E-state index contributed by atoms with van der Waals surface area (Å²) in [6.07, 6.45) is 1.54. The topological polar surface area (TPSA) is 88.7 Å². The number of anilines is 1. The number of amides is 1. The zero-order chi connectivity index (χ0) is 22.9. The number of rotatable bonds is 5. The van der Waals surface area contributed by atoms with Crippen LogP contribution in [-0.4, -0.2) is 22.0 Å². The van der Waals surface area contributed by atoms with Gasteiger partial charge in [-0.2, -0.15) is 10.1 Å². The van der Waals surface area contributed by atoms with E-state index < -0.39 is 16.6 Å². The van der Waals surface area contributed by atoms with Crippen molar-refractivity contribution in [3.8, 4) is 0 Å². The third kappa shape index (κ3) is 4.21. The number of thiazole rings is 1. The van der Waals surface area contributed by atoms with Crippen LogP contribution < -0.4 is 5.01 Å². The van der Waals surface area contributed by atoms with E-state index in [-0.39, 0.29) is 10.8 Å². The second-order valence-corrected chi connectivity index (χ2v) is 9.06. The van der Waals surface area contributed by atoms with Crippen LogP contribution in [0.5, 0.6) is 0 Å². The van der Waals surface area contributed by atoms with Crippen LogP contribution in [0.4, 0.5) is 15.2 Å². The van der Waals surface area contributed by atoms with Gasteiger partial charge in [-0.1, -0.05) is 41.7 Å². The number of fused-ring (bicyclic) bond motifs is 2. The van der Waals surface area contributed by atoms with Crippen molar-refractivity contribution in [1.29, 1.82) is 0 Å². The lowest BCUT2D eigenvalue weighted by molar-refractivity contribution is -0.384. The number of hydrazone groups is 1. The molecule has 5 rings (SSSR count). The molecule has 0 N–H and O–H groups in total. The van der Waals surface area contributed by atoms with Gasteiger partial charge in [-0.3, -0.25) is 14.9 Å². The van der Waals surface area contributed by atoms with Crippen LogP contribution in [0.25, 0.3) is 20.3 Å². The van der Waals surface area contributed by atoms with E-state index in [0.717, 1.165) is 21.6 Å². The first-order valence-electron chi connectivity index (χ1n) is 9.65. The predicted octanol–water partition coefficient (Wildman–Crippen LogP) is 6.24.